The number of likely N-dealkylation sites (tertiary alicyclic amines) is 1. The minimum absolute atomic E-state index is 0.194. The van der Waals surface area contributed by atoms with Gasteiger partial charge in [-0.05, 0) is 30.9 Å². The van der Waals surface area contributed by atoms with Crippen molar-refractivity contribution >= 4 is 28.8 Å². The standard InChI is InChI=1S/C17H19ClN2OS/c1-12-6-8-20(9-7-12)16(21)10-15-11-22-17(19-15)13-2-4-14(18)5-3-13/h2-5,11-12H,6-10H2,1H3. The molecule has 1 fully saturated rings. The summed E-state index contributed by atoms with van der Waals surface area (Å²) in [5, 5.41) is 3.63. The Morgan fingerprint density at radius 2 is 2.00 bits per heavy atom. The minimum Gasteiger partial charge on any atom is -0.342 e. The van der Waals surface area contributed by atoms with Crippen LogP contribution in [-0.2, 0) is 11.2 Å². The van der Waals surface area contributed by atoms with Crippen molar-refractivity contribution in [2.24, 2.45) is 5.92 Å². The molecule has 2 aromatic rings. The lowest BCUT2D eigenvalue weighted by molar-refractivity contribution is -0.131. The molecule has 3 rings (SSSR count). The zero-order chi connectivity index (χ0) is 15.5. The number of hydrogen-bond donors (Lipinski definition) is 0. The van der Waals surface area contributed by atoms with Gasteiger partial charge in [0.05, 0.1) is 12.1 Å². The molecule has 1 aliphatic heterocycles. The van der Waals surface area contributed by atoms with Crippen molar-refractivity contribution in [1.29, 1.82) is 0 Å². The van der Waals surface area contributed by atoms with Gasteiger partial charge in [-0.15, -0.1) is 11.3 Å². The van der Waals surface area contributed by atoms with Crippen molar-refractivity contribution < 1.29 is 4.79 Å². The van der Waals surface area contributed by atoms with E-state index >= 15 is 0 Å². The fourth-order valence-electron chi connectivity index (χ4n) is 2.64. The van der Waals surface area contributed by atoms with Crippen molar-refractivity contribution in [3.05, 3.63) is 40.4 Å². The number of rotatable bonds is 3. The van der Waals surface area contributed by atoms with E-state index < -0.39 is 0 Å². The van der Waals surface area contributed by atoms with E-state index in [0.717, 1.165) is 53.1 Å². The van der Waals surface area contributed by atoms with Crippen LogP contribution in [0.1, 0.15) is 25.5 Å². The summed E-state index contributed by atoms with van der Waals surface area (Å²) in [6, 6.07) is 7.63. The molecule has 5 heteroatoms. The molecule has 1 aromatic carbocycles. The second-order valence-electron chi connectivity index (χ2n) is 5.89. The SMILES string of the molecule is CC1CCN(C(=O)Cc2csc(-c3ccc(Cl)cc3)n2)CC1. The number of amides is 1. The van der Waals surface area contributed by atoms with Crippen LogP contribution < -0.4 is 0 Å². The van der Waals surface area contributed by atoms with Crippen LogP contribution in [0.3, 0.4) is 0 Å². The molecule has 1 aromatic heterocycles. The molecule has 1 saturated heterocycles. The molecule has 0 aliphatic carbocycles. The number of carbonyl (C=O) groups is 1. The third kappa shape index (κ3) is 3.68. The van der Waals surface area contributed by atoms with Gasteiger partial charge in [-0.25, -0.2) is 4.98 Å². The summed E-state index contributed by atoms with van der Waals surface area (Å²) in [6.45, 7) is 4.02. The van der Waals surface area contributed by atoms with Gasteiger partial charge < -0.3 is 4.90 Å². The van der Waals surface area contributed by atoms with E-state index in [1.165, 1.54) is 0 Å². The summed E-state index contributed by atoms with van der Waals surface area (Å²) in [4.78, 5) is 18.9. The van der Waals surface area contributed by atoms with Crippen LogP contribution in [0.15, 0.2) is 29.6 Å². The lowest BCUT2D eigenvalue weighted by Gasteiger charge is -2.30. The molecule has 0 unspecified atom stereocenters. The van der Waals surface area contributed by atoms with Gasteiger partial charge in [0.2, 0.25) is 5.91 Å². The highest BCUT2D eigenvalue weighted by molar-refractivity contribution is 7.13. The number of hydrogen-bond acceptors (Lipinski definition) is 3. The maximum Gasteiger partial charge on any atom is 0.228 e. The molecule has 0 bridgehead atoms. The molecule has 0 N–H and O–H groups in total. The number of halogens is 1. The predicted octanol–water partition coefficient (Wildman–Crippen LogP) is 4.26. The Morgan fingerprint density at radius 1 is 1.32 bits per heavy atom. The van der Waals surface area contributed by atoms with Gasteiger partial charge in [0.25, 0.3) is 0 Å². The number of piperidine rings is 1. The van der Waals surface area contributed by atoms with Gasteiger partial charge in [0.1, 0.15) is 5.01 Å². The Morgan fingerprint density at radius 3 is 2.68 bits per heavy atom. The van der Waals surface area contributed by atoms with E-state index in [2.05, 4.69) is 11.9 Å². The average Bonchev–Trinajstić information content (AvgIpc) is 2.97. The summed E-state index contributed by atoms with van der Waals surface area (Å²) in [5.41, 5.74) is 1.90. The van der Waals surface area contributed by atoms with Gasteiger partial charge in [-0.2, -0.15) is 0 Å². The Bertz CT molecular complexity index is 645. The molecular weight excluding hydrogens is 316 g/mol. The van der Waals surface area contributed by atoms with E-state index in [9.17, 15) is 4.79 Å². The highest BCUT2D eigenvalue weighted by Gasteiger charge is 2.21. The van der Waals surface area contributed by atoms with Crippen molar-refractivity contribution in [2.75, 3.05) is 13.1 Å². The first-order valence-electron chi connectivity index (χ1n) is 7.60. The molecule has 22 heavy (non-hydrogen) atoms. The van der Waals surface area contributed by atoms with E-state index in [1.807, 2.05) is 34.5 Å². The van der Waals surface area contributed by atoms with E-state index in [0.29, 0.717) is 6.42 Å². The smallest absolute Gasteiger partial charge is 0.228 e. The maximum atomic E-state index is 12.3. The summed E-state index contributed by atoms with van der Waals surface area (Å²) < 4.78 is 0. The number of aromatic nitrogens is 1. The normalized spacial score (nSPS) is 16.0. The van der Waals surface area contributed by atoms with Crippen LogP contribution >= 0.6 is 22.9 Å². The fraction of sp³-hybridized carbons (Fsp3) is 0.412. The van der Waals surface area contributed by atoms with Crippen molar-refractivity contribution in [3.8, 4) is 10.6 Å². The lowest BCUT2D eigenvalue weighted by Crippen LogP contribution is -2.38. The predicted molar refractivity (Wildman–Crippen MR) is 91.2 cm³/mol. The second-order valence-corrected chi connectivity index (χ2v) is 7.19. The minimum atomic E-state index is 0.194. The Balaban J connectivity index is 1.64. The highest BCUT2D eigenvalue weighted by atomic mass is 35.5. The molecule has 0 radical (unpaired) electrons. The first-order valence-corrected chi connectivity index (χ1v) is 8.85. The Hall–Kier alpha value is -1.39. The first-order chi connectivity index (χ1) is 10.6. The summed E-state index contributed by atoms with van der Waals surface area (Å²) in [6.07, 6.45) is 2.62. The zero-order valence-electron chi connectivity index (χ0n) is 12.6. The van der Waals surface area contributed by atoms with Gasteiger partial charge >= 0.3 is 0 Å². The number of nitrogens with zero attached hydrogens (tertiary/aromatic N) is 2. The van der Waals surface area contributed by atoms with Crippen molar-refractivity contribution in [3.63, 3.8) is 0 Å². The van der Waals surface area contributed by atoms with Crippen molar-refractivity contribution in [2.45, 2.75) is 26.2 Å². The van der Waals surface area contributed by atoms with E-state index in [4.69, 9.17) is 11.6 Å². The number of carbonyl (C=O) groups excluding carboxylic acids is 1. The second kappa shape index (κ2) is 6.80. The Labute approximate surface area is 139 Å². The fourth-order valence-corrected chi connectivity index (χ4v) is 3.59. The van der Waals surface area contributed by atoms with Gasteiger partial charge in [-0.1, -0.05) is 30.7 Å². The number of thiazole rings is 1. The molecule has 2 heterocycles. The molecule has 3 nitrogen and oxygen atoms in total. The topological polar surface area (TPSA) is 33.2 Å². The molecular formula is C17H19ClN2OS. The zero-order valence-corrected chi connectivity index (χ0v) is 14.2. The molecule has 0 spiro atoms. The van der Waals surface area contributed by atoms with E-state index in [-0.39, 0.29) is 5.91 Å². The summed E-state index contributed by atoms with van der Waals surface area (Å²) >= 11 is 7.47. The van der Waals surface area contributed by atoms with Crippen LogP contribution in [0.2, 0.25) is 5.02 Å². The van der Waals surface area contributed by atoms with Crippen LogP contribution in [-0.4, -0.2) is 28.9 Å². The molecule has 0 atom stereocenters. The lowest BCUT2D eigenvalue weighted by atomic mass is 9.99. The molecule has 0 saturated carbocycles. The largest absolute Gasteiger partial charge is 0.342 e. The van der Waals surface area contributed by atoms with E-state index in [1.54, 1.807) is 11.3 Å². The molecule has 1 aliphatic rings. The monoisotopic (exact) mass is 334 g/mol. The van der Waals surface area contributed by atoms with Crippen LogP contribution in [0.4, 0.5) is 0 Å². The van der Waals surface area contributed by atoms with Crippen LogP contribution in [0.5, 0.6) is 0 Å². The maximum absolute atomic E-state index is 12.3. The summed E-state index contributed by atoms with van der Waals surface area (Å²) in [5.74, 6) is 0.930. The average molecular weight is 335 g/mol. The highest BCUT2D eigenvalue weighted by Crippen LogP contribution is 2.25. The first kappa shape index (κ1) is 15.5. The van der Waals surface area contributed by atoms with Crippen molar-refractivity contribution in [1.82, 2.24) is 9.88 Å². The molecule has 1 amide bonds. The van der Waals surface area contributed by atoms with Crippen LogP contribution in [0.25, 0.3) is 10.6 Å². The number of benzene rings is 1. The third-order valence-electron chi connectivity index (χ3n) is 4.11. The van der Waals surface area contributed by atoms with Gasteiger partial charge in [0, 0.05) is 29.1 Å². The Kier molecular flexibility index (Phi) is 4.79. The summed E-state index contributed by atoms with van der Waals surface area (Å²) in [7, 11) is 0. The van der Waals surface area contributed by atoms with Gasteiger partial charge in [-0.3, -0.25) is 4.79 Å². The third-order valence-corrected chi connectivity index (χ3v) is 5.30. The van der Waals surface area contributed by atoms with Crippen LogP contribution in [0, 0.1) is 5.92 Å². The van der Waals surface area contributed by atoms with Gasteiger partial charge in [0.15, 0.2) is 0 Å². The molecule has 116 valence electrons. The quantitative estimate of drug-likeness (QED) is 0.840.